The number of likely N-dealkylation sites (tertiary alicyclic amines) is 1. The monoisotopic (exact) mass is 726 g/mol. The first kappa shape index (κ1) is 40.1. The van der Waals surface area contributed by atoms with Crippen molar-refractivity contribution in [1.29, 1.82) is 0 Å². The summed E-state index contributed by atoms with van der Waals surface area (Å²) in [6.07, 6.45) is 13.3. The van der Waals surface area contributed by atoms with Crippen molar-refractivity contribution < 1.29 is 28.8 Å². The van der Waals surface area contributed by atoms with E-state index in [9.17, 15) is 28.8 Å². The summed E-state index contributed by atoms with van der Waals surface area (Å²) in [7, 11) is 0. The molecule has 0 radical (unpaired) electrons. The zero-order valence-corrected chi connectivity index (χ0v) is 32.1. The van der Waals surface area contributed by atoms with Crippen molar-refractivity contribution in [3.63, 3.8) is 0 Å². The number of nitrogens with zero attached hydrogens (tertiary/aromatic N) is 3. The number of fused-ring (bicyclic) bond motifs is 1. The lowest BCUT2D eigenvalue weighted by Crippen LogP contribution is -2.58. The molecule has 2 heterocycles. The largest absolute Gasteiger partial charge is 0.344 e. The van der Waals surface area contributed by atoms with Crippen LogP contribution >= 0.6 is 0 Å². The molecule has 2 amide bonds. The van der Waals surface area contributed by atoms with Crippen LogP contribution in [0.3, 0.4) is 0 Å². The number of benzene rings is 1. The van der Waals surface area contributed by atoms with Gasteiger partial charge in [-0.15, -0.1) is 0 Å². The van der Waals surface area contributed by atoms with Crippen molar-refractivity contribution in [3.8, 4) is 0 Å². The standard InChI is InChI=1S/C43H58N4O6/c1-5-13-30(39(51)35(48)21-20-28-14-8-6-9-15-28)24-37(50)38-32-19-12-18-31(32)27-47(38)42(53)40(43(2,3)4)46-41(52)33(29-16-10-7-11-17-29)25-36(49)34-26-44-22-23-45-34/h6,8-9,14-15,22-23,26,29-33,38,40H,5,7,10-13,16-21,24-25,27H2,1-4H3,(H,46,52)/t30-,31?,32?,33+,38-,40+/m0/s1. The molecule has 0 spiro atoms. The Labute approximate surface area is 314 Å². The minimum Gasteiger partial charge on any atom is -0.344 e. The topological polar surface area (TPSA) is 143 Å². The maximum absolute atomic E-state index is 14.7. The van der Waals surface area contributed by atoms with Crippen molar-refractivity contribution in [2.24, 2.45) is 35.0 Å². The number of hydrogen-bond acceptors (Lipinski definition) is 8. The predicted octanol–water partition coefficient (Wildman–Crippen LogP) is 6.55. The number of aromatic nitrogens is 2. The second-order valence-corrected chi connectivity index (χ2v) is 16.7. The molecule has 1 aromatic carbocycles. The second kappa shape index (κ2) is 18.3. The van der Waals surface area contributed by atoms with Gasteiger partial charge in [0.2, 0.25) is 17.6 Å². The molecule has 1 saturated heterocycles. The van der Waals surface area contributed by atoms with E-state index in [1.165, 1.54) is 18.6 Å². The van der Waals surface area contributed by atoms with Gasteiger partial charge >= 0.3 is 0 Å². The molecule has 1 aliphatic heterocycles. The van der Waals surface area contributed by atoms with E-state index >= 15 is 0 Å². The molecule has 2 aliphatic carbocycles. The van der Waals surface area contributed by atoms with E-state index in [0.29, 0.717) is 25.8 Å². The lowest BCUT2D eigenvalue weighted by atomic mass is 9.76. The van der Waals surface area contributed by atoms with E-state index in [2.05, 4.69) is 15.3 Å². The molecule has 2 aromatic rings. The van der Waals surface area contributed by atoms with Crippen LogP contribution in [0.15, 0.2) is 48.9 Å². The Bertz CT molecular complexity index is 1600. The number of hydrogen-bond donors (Lipinski definition) is 1. The van der Waals surface area contributed by atoms with Crippen LogP contribution in [0.25, 0.3) is 0 Å². The molecular weight excluding hydrogens is 668 g/mol. The van der Waals surface area contributed by atoms with Gasteiger partial charge in [0.1, 0.15) is 11.7 Å². The third-order valence-corrected chi connectivity index (χ3v) is 11.9. The molecule has 2 saturated carbocycles. The van der Waals surface area contributed by atoms with Gasteiger partial charge in [-0.1, -0.05) is 90.1 Å². The van der Waals surface area contributed by atoms with E-state index in [1.807, 2.05) is 58.0 Å². The molecular formula is C43H58N4O6. The minimum absolute atomic E-state index is 0.00370. The van der Waals surface area contributed by atoms with Crippen LogP contribution < -0.4 is 5.32 Å². The highest BCUT2D eigenvalue weighted by Gasteiger charge is 2.52. The summed E-state index contributed by atoms with van der Waals surface area (Å²) in [5.41, 5.74) is 0.495. The van der Waals surface area contributed by atoms with Gasteiger partial charge < -0.3 is 10.2 Å². The Morgan fingerprint density at radius 2 is 1.64 bits per heavy atom. The van der Waals surface area contributed by atoms with Crippen molar-refractivity contribution in [2.45, 2.75) is 130 Å². The Morgan fingerprint density at radius 3 is 2.30 bits per heavy atom. The number of amides is 2. The van der Waals surface area contributed by atoms with Gasteiger partial charge in [-0.25, -0.2) is 4.98 Å². The van der Waals surface area contributed by atoms with Crippen molar-refractivity contribution in [3.05, 3.63) is 60.2 Å². The molecule has 0 bridgehead atoms. The summed E-state index contributed by atoms with van der Waals surface area (Å²) in [4.78, 5) is 93.2. The smallest absolute Gasteiger partial charge is 0.246 e. The molecule has 286 valence electrons. The van der Waals surface area contributed by atoms with Gasteiger partial charge in [0.15, 0.2) is 17.3 Å². The highest BCUT2D eigenvalue weighted by atomic mass is 16.2. The van der Waals surface area contributed by atoms with Crippen LogP contribution in [0, 0.1) is 35.0 Å². The highest BCUT2D eigenvalue weighted by Crippen LogP contribution is 2.44. The van der Waals surface area contributed by atoms with Gasteiger partial charge in [0.05, 0.1) is 12.2 Å². The van der Waals surface area contributed by atoms with Crippen LogP contribution in [-0.2, 0) is 30.4 Å². The molecule has 10 heteroatoms. The summed E-state index contributed by atoms with van der Waals surface area (Å²) >= 11 is 0. The minimum atomic E-state index is -0.936. The van der Waals surface area contributed by atoms with Gasteiger partial charge in [-0.05, 0) is 67.3 Å². The van der Waals surface area contributed by atoms with Gasteiger partial charge in [-0.3, -0.25) is 33.8 Å². The van der Waals surface area contributed by atoms with Crippen molar-refractivity contribution >= 4 is 34.9 Å². The molecule has 1 aromatic heterocycles. The number of aryl methyl sites for hydroxylation is 1. The summed E-state index contributed by atoms with van der Waals surface area (Å²) in [5, 5.41) is 3.11. The second-order valence-electron chi connectivity index (χ2n) is 16.7. The van der Waals surface area contributed by atoms with E-state index in [1.54, 1.807) is 4.90 Å². The number of rotatable bonds is 17. The Morgan fingerprint density at radius 1 is 0.906 bits per heavy atom. The lowest BCUT2D eigenvalue weighted by Gasteiger charge is -2.38. The fourth-order valence-corrected chi connectivity index (χ4v) is 9.06. The fraction of sp³-hybridized carbons (Fsp3) is 0.628. The third kappa shape index (κ3) is 10.1. The first-order chi connectivity index (χ1) is 25.4. The molecule has 3 fully saturated rings. The third-order valence-electron chi connectivity index (χ3n) is 11.9. The summed E-state index contributed by atoms with van der Waals surface area (Å²) in [6.45, 7) is 8.07. The summed E-state index contributed by atoms with van der Waals surface area (Å²) < 4.78 is 0. The average Bonchev–Trinajstić information content (AvgIpc) is 3.77. The number of Topliss-reactive ketones (excluding diaryl/α,β-unsaturated/α-hetero) is 4. The normalized spacial score (nSPS) is 22.0. The van der Waals surface area contributed by atoms with Crippen molar-refractivity contribution in [2.75, 3.05) is 6.54 Å². The van der Waals surface area contributed by atoms with Crippen LogP contribution in [0.1, 0.15) is 127 Å². The number of carbonyl (C=O) groups excluding carboxylic acids is 6. The molecule has 2 unspecified atom stereocenters. The summed E-state index contributed by atoms with van der Waals surface area (Å²) in [6, 6.07) is 7.92. The highest BCUT2D eigenvalue weighted by molar-refractivity contribution is 6.38. The lowest BCUT2D eigenvalue weighted by molar-refractivity contribution is -0.146. The SMILES string of the molecule is CCC[C@@H](CC(=O)[C@@H]1C2CCCC2CN1C(=O)[C@@H](NC(=O)[C@H](CC(=O)c1cnccn1)C1CCCCC1)C(C)(C)C)C(=O)C(=O)CCc1ccccc1. The zero-order chi connectivity index (χ0) is 38.1. The molecule has 53 heavy (non-hydrogen) atoms. The van der Waals surface area contributed by atoms with Gasteiger partial charge in [-0.2, -0.15) is 0 Å². The number of carbonyl (C=O) groups is 6. The maximum Gasteiger partial charge on any atom is 0.246 e. The van der Waals surface area contributed by atoms with Crippen LogP contribution in [-0.4, -0.2) is 68.4 Å². The van der Waals surface area contributed by atoms with Crippen molar-refractivity contribution in [1.82, 2.24) is 20.2 Å². The molecule has 5 rings (SSSR count). The number of nitrogens with one attached hydrogen (secondary N) is 1. The zero-order valence-electron chi connectivity index (χ0n) is 32.1. The van der Waals surface area contributed by atoms with Gasteiger partial charge in [0.25, 0.3) is 0 Å². The summed E-state index contributed by atoms with van der Waals surface area (Å²) in [5.74, 6) is -3.23. The van der Waals surface area contributed by atoms with Gasteiger partial charge in [0, 0.05) is 50.0 Å². The first-order valence-electron chi connectivity index (χ1n) is 19.9. The van der Waals surface area contributed by atoms with Crippen LogP contribution in [0.4, 0.5) is 0 Å². The number of ketones is 4. The van der Waals surface area contributed by atoms with E-state index < -0.39 is 40.9 Å². The first-order valence-corrected chi connectivity index (χ1v) is 19.9. The molecule has 1 N–H and O–H groups in total. The molecule has 6 atom stereocenters. The quantitative estimate of drug-likeness (QED) is 0.143. The van der Waals surface area contributed by atoms with E-state index in [-0.39, 0.29) is 66.1 Å². The average molecular weight is 727 g/mol. The van der Waals surface area contributed by atoms with Crippen LogP contribution in [0.2, 0.25) is 0 Å². The van der Waals surface area contributed by atoms with E-state index in [0.717, 1.165) is 56.9 Å². The molecule has 3 aliphatic rings. The molecule has 10 nitrogen and oxygen atoms in total. The predicted molar refractivity (Wildman–Crippen MR) is 202 cm³/mol. The van der Waals surface area contributed by atoms with Crippen LogP contribution in [0.5, 0.6) is 0 Å². The Hall–Kier alpha value is -4.08. The van der Waals surface area contributed by atoms with E-state index in [4.69, 9.17) is 0 Å². The fourth-order valence-electron chi connectivity index (χ4n) is 9.06. The maximum atomic E-state index is 14.7. The Balaban J connectivity index is 1.34. The Kier molecular flexibility index (Phi) is 13.9.